The van der Waals surface area contributed by atoms with E-state index in [2.05, 4.69) is 16.7 Å². The molecule has 0 amide bonds. The summed E-state index contributed by atoms with van der Waals surface area (Å²) in [6, 6.07) is 13.8. The van der Waals surface area contributed by atoms with Gasteiger partial charge in [0.05, 0.1) is 0 Å². The fraction of sp³-hybridized carbons (Fsp3) is 0.263. The lowest BCUT2D eigenvalue weighted by Gasteiger charge is -2.11. The normalized spacial score (nSPS) is 9.82. The first-order chi connectivity index (χ1) is 10.6. The second kappa shape index (κ2) is 7.51. The van der Waals surface area contributed by atoms with E-state index >= 15 is 0 Å². The standard InChI is InChI=1S/C19H20FNO/c1-15-14-17(8-11-19(15)22-13-12-20)5-4-16-6-9-18(10-7-16)21(2)3/h6-11,14H,12-13H2,1-3H3. The molecule has 0 saturated carbocycles. The quantitative estimate of drug-likeness (QED) is 0.796. The number of halogens is 1. The zero-order valence-electron chi connectivity index (χ0n) is 13.2. The summed E-state index contributed by atoms with van der Waals surface area (Å²) in [5.74, 6) is 7.00. The van der Waals surface area contributed by atoms with Crippen LogP contribution in [0.5, 0.6) is 5.75 Å². The second-order valence-electron chi connectivity index (χ2n) is 5.21. The van der Waals surface area contributed by atoms with Gasteiger partial charge in [-0.25, -0.2) is 4.39 Å². The first kappa shape index (κ1) is 15.9. The van der Waals surface area contributed by atoms with Crippen LogP contribution in [0.25, 0.3) is 0 Å². The number of rotatable bonds is 4. The summed E-state index contributed by atoms with van der Waals surface area (Å²) in [6.45, 7) is 1.54. The van der Waals surface area contributed by atoms with Crippen LogP contribution < -0.4 is 9.64 Å². The van der Waals surface area contributed by atoms with Crippen LogP contribution in [0.1, 0.15) is 16.7 Å². The molecule has 114 valence electrons. The summed E-state index contributed by atoms with van der Waals surface area (Å²) in [6.07, 6.45) is 0. The van der Waals surface area contributed by atoms with Gasteiger partial charge in [0.25, 0.3) is 0 Å². The SMILES string of the molecule is Cc1cc(C#Cc2ccc(N(C)C)cc2)ccc1OCCF. The number of aryl methyl sites for hydroxylation is 1. The van der Waals surface area contributed by atoms with Gasteiger partial charge in [-0.3, -0.25) is 0 Å². The largest absolute Gasteiger partial charge is 0.491 e. The molecule has 2 aromatic rings. The lowest BCUT2D eigenvalue weighted by Crippen LogP contribution is -2.07. The van der Waals surface area contributed by atoms with Gasteiger partial charge in [-0.05, 0) is 55.0 Å². The lowest BCUT2D eigenvalue weighted by molar-refractivity contribution is 0.272. The Labute approximate surface area is 131 Å². The monoisotopic (exact) mass is 297 g/mol. The van der Waals surface area contributed by atoms with Crippen molar-refractivity contribution in [2.75, 3.05) is 32.3 Å². The lowest BCUT2D eigenvalue weighted by atomic mass is 10.1. The van der Waals surface area contributed by atoms with Crippen LogP contribution in [0.15, 0.2) is 42.5 Å². The Kier molecular flexibility index (Phi) is 5.43. The zero-order valence-corrected chi connectivity index (χ0v) is 13.2. The van der Waals surface area contributed by atoms with Crippen molar-refractivity contribution in [3.05, 3.63) is 59.2 Å². The topological polar surface area (TPSA) is 12.5 Å². The fourth-order valence-corrected chi connectivity index (χ4v) is 2.02. The maximum absolute atomic E-state index is 12.1. The van der Waals surface area contributed by atoms with Crippen molar-refractivity contribution in [3.8, 4) is 17.6 Å². The van der Waals surface area contributed by atoms with Gasteiger partial charge in [0.2, 0.25) is 0 Å². The Bertz CT molecular complexity index is 681. The summed E-state index contributed by atoms with van der Waals surface area (Å²) in [7, 11) is 4.02. The van der Waals surface area contributed by atoms with Crippen LogP contribution in [0.4, 0.5) is 10.1 Å². The molecule has 0 fully saturated rings. The number of hydrogen-bond donors (Lipinski definition) is 0. The minimum atomic E-state index is -0.482. The molecule has 0 heterocycles. The Morgan fingerprint density at radius 2 is 1.64 bits per heavy atom. The maximum atomic E-state index is 12.1. The van der Waals surface area contributed by atoms with Gasteiger partial charge >= 0.3 is 0 Å². The van der Waals surface area contributed by atoms with Crippen LogP contribution in [0, 0.1) is 18.8 Å². The molecular weight excluding hydrogens is 277 g/mol. The van der Waals surface area contributed by atoms with Crippen molar-refractivity contribution >= 4 is 5.69 Å². The molecular formula is C19H20FNO. The van der Waals surface area contributed by atoms with Crippen molar-refractivity contribution in [1.29, 1.82) is 0 Å². The number of hydrogen-bond acceptors (Lipinski definition) is 2. The molecule has 0 N–H and O–H groups in total. The van der Waals surface area contributed by atoms with Gasteiger partial charge in [0.15, 0.2) is 0 Å². The second-order valence-corrected chi connectivity index (χ2v) is 5.21. The molecule has 0 aliphatic carbocycles. The molecule has 2 aromatic carbocycles. The van der Waals surface area contributed by atoms with E-state index in [1.165, 1.54) is 0 Å². The third-order valence-corrected chi connectivity index (χ3v) is 3.24. The van der Waals surface area contributed by atoms with E-state index in [0.29, 0.717) is 5.75 Å². The van der Waals surface area contributed by atoms with Gasteiger partial charge in [-0.1, -0.05) is 11.8 Å². The number of benzene rings is 2. The van der Waals surface area contributed by atoms with Gasteiger partial charge in [-0.15, -0.1) is 0 Å². The van der Waals surface area contributed by atoms with Crippen molar-refractivity contribution in [3.63, 3.8) is 0 Å². The average Bonchev–Trinajstić information content (AvgIpc) is 2.52. The van der Waals surface area contributed by atoms with Gasteiger partial charge < -0.3 is 9.64 Å². The number of anilines is 1. The molecule has 3 heteroatoms. The summed E-state index contributed by atoms with van der Waals surface area (Å²) in [5, 5.41) is 0. The molecule has 0 aliphatic heterocycles. The zero-order chi connectivity index (χ0) is 15.9. The van der Waals surface area contributed by atoms with E-state index in [1.54, 1.807) is 0 Å². The van der Waals surface area contributed by atoms with Gasteiger partial charge in [-0.2, -0.15) is 0 Å². The summed E-state index contributed by atoms with van der Waals surface area (Å²) >= 11 is 0. The number of ether oxygens (including phenoxy) is 1. The molecule has 0 bridgehead atoms. The summed E-state index contributed by atoms with van der Waals surface area (Å²) in [4.78, 5) is 2.05. The Balaban J connectivity index is 2.12. The van der Waals surface area contributed by atoms with Crippen LogP contribution in [0.3, 0.4) is 0 Å². The van der Waals surface area contributed by atoms with Gasteiger partial charge in [0, 0.05) is 30.9 Å². The van der Waals surface area contributed by atoms with Gasteiger partial charge in [0.1, 0.15) is 19.0 Å². The highest BCUT2D eigenvalue weighted by Crippen LogP contribution is 2.19. The first-order valence-corrected chi connectivity index (χ1v) is 7.19. The third kappa shape index (κ3) is 4.26. The molecule has 0 radical (unpaired) electrons. The van der Waals surface area contributed by atoms with E-state index < -0.39 is 6.67 Å². The van der Waals surface area contributed by atoms with Crippen molar-refractivity contribution in [2.24, 2.45) is 0 Å². The minimum absolute atomic E-state index is 0.0874. The smallest absolute Gasteiger partial charge is 0.123 e. The molecule has 0 atom stereocenters. The predicted octanol–water partition coefficient (Wildman–Crippen LogP) is 3.81. The third-order valence-electron chi connectivity index (χ3n) is 3.24. The highest BCUT2D eigenvalue weighted by molar-refractivity contribution is 5.51. The first-order valence-electron chi connectivity index (χ1n) is 7.19. The summed E-state index contributed by atoms with van der Waals surface area (Å²) < 4.78 is 17.4. The van der Waals surface area contributed by atoms with E-state index in [-0.39, 0.29) is 6.61 Å². The van der Waals surface area contributed by atoms with Crippen molar-refractivity contribution in [1.82, 2.24) is 0 Å². The Hall–Kier alpha value is -2.47. The Morgan fingerprint density at radius 3 is 2.23 bits per heavy atom. The summed E-state index contributed by atoms with van der Waals surface area (Å²) in [5.41, 5.74) is 4.00. The van der Waals surface area contributed by atoms with E-state index in [4.69, 9.17) is 4.74 Å². The highest BCUT2D eigenvalue weighted by atomic mass is 19.1. The van der Waals surface area contributed by atoms with Crippen molar-refractivity contribution < 1.29 is 9.13 Å². The van der Waals surface area contributed by atoms with Crippen LogP contribution in [0.2, 0.25) is 0 Å². The molecule has 0 saturated heterocycles. The number of alkyl halides is 1. The molecule has 2 nitrogen and oxygen atoms in total. The predicted molar refractivity (Wildman–Crippen MR) is 89.4 cm³/mol. The minimum Gasteiger partial charge on any atom is -0.491 e. The molecule has 2 rings (SSSR count). The van der Waals surface area contributed by atoms with Crippen molar-refractivity contribution in [2.45, 2.75) is 6.92 Å². The fourth-order valence-electron chi connectivity index (χ4n) is 2.02. The maximum Gasteiger partial charge on any atom is 0.123 e. The van der Waals surface area contributed by atoms with E-state index in [1.807, 2.05) is 63.5 Å². The van der Waals surface area contributed by atoms with E-state index in [0.717, 1.165) is 22.4 Å². The van der Waals surface area contributed by atoms with Crippen LogP contribution >= 0.6 is 0 Å². The van der Waals surface area contributed by atoms with Crippen LogP contribution in [-0.2, 0) is 0 Å². The number of nitrogens with zero attached hydrogens (tertiary/aromatic N) is 1. The Morgan fingerprint density at radius 1 is 1.00 bits per heavy atom. The molecule has 0 spiro atoms. The highest BCUT2D eigenvalue weighted by Gasteiger charge is 2.00. The average molecular weight is 297 g/mol. The van der Waals surface area contributed by atoms with E-state index in [9.17, 15) is 4.39 Å². The molecule has 0 aromatic heterocycles. The molecule has 0 unspecified atom stereocenters. The molecule has 22 heavy (non-hydrogen) atoms. The molecule has 0 aliphatic rings. The van der Waals surface area contributed by atoms with Crippen LogP contribution in [-0.4, -0.2) is 27.4 Å².